The molecule has 174 valence electrons. The smallest absolute Gasteiger partial charge is 0.259 e. The first kappa shape index (κ1) is 23.2. The minimum Gasteiger partial charge on any atom is -0.507 e. The zero-order valence-corrected chi connectivity index (χ0v) is 18.8. The maximum absolute atomic E-state index is 14.2. The molecule has 0 unspecified atom stereocenters. The molecular formula is C26H30FN3O3. The summed E-state index contributed by atoms with van der Waals surface area (Å²) in [6, 6.07) is 17.0. The lowest BCUT2D eigenvalue weighted by atomic mass is 9.95. The van der Waals surface area contributed by atoms with Crippen molar-refractivity contribution < 1.29 is 14.6 Å². The Morgan fingerprint density at radius 1 is 1.00 bits per heavy atom. The molecule has 0 amide bonds. The maximum Gasteiger partial charge on any atom is 0.259 e. The standard InChI is InChI=1S/C26H30FN3O3/c1-19-16-23(32)24(26(33)30(19)18-20-6-3-2-4-7-20)25(21-8-5-9-22(27)17-21)29-12-10-28(11-13-29)14-15-31/h2-9,16-17,25,31-32H,10-15,18H2,1H3/t25-/m1/s1. The van der Waals surface area contributed by atoms with Crippen LogP contribution in [0.15, 0.2) is 65.5 Å². The average Bonchev–Trinajstić information content (AvgIpc) is 2.81. The van der Waals surface area contributed by atoms with Gasteiger partial charge < -0.3 is 14.8 Å². The summed E-state index contributed by atoms with van der Waals surface area (Å²) in [5.41, 5.74) is 2.27. The number of aromatic nitrogens is 1. The van der Waals surface area contributed by atoms with Gasteiger partial charge in [-0.05, 0) is 36.2 Å². The fourth-order valence-corrected chi connectivity index (χ4v) is 4.61. The molecule has 0 bridgehead atoms. The lowest BCUT2D eigenvalue weighted by molar-refractivity contribution is 0.0931. The van der Waals surface area contributed by atoms with Crippen LogP contribution in [0.5, 0.6) is 5.75 Å². The van der Waals surface area contributed by atoms with E-state index in [-0.39, 0.29) is 29.3 Å². The summed E-state index contributed by atoms with van der Waals surface area (Å²) in [6.07, 6.45) is 0. The topological polar surface area (TPSA) is 68.9 Å². The summed E-state index contributed by atoms with van der Waals surface area (Å²) in [4.78, 5) is 18.0. The number of hydrogen-bond donors (Lipinski definition) is 2. The highest BCUT2D eigenvalue weighted by Crippen LogP contribution is 2.33. The quantitative estimate of drug-likeness (QED) is 0.578. The lowest BCUT2D eigenvalue weighted by Gasteiger charge is -2.39. The Bertz CT molecular complexity index is 1140. The number of rotatable bonds is 7. The third-order valence-electron chi connectivity index (χ3n) is 6.33. The number of benzene rings is 2. The van der Waals surface area contributed by atoms with Crippen LogP contribution >= 0.6 is 0 Å². The molecule has 1 atom stereocenters. The third-order valence-corrected chi connectivity index (χ3v) is 6.33. The van der Waals surface area contributed by atoms with Gasteiger partial charge in [-0.1, -0.05) is 42.5 Å². The van der Waals surface area contributed by atoms with Gasteiger partial charge in [0.15, 0.2) is 0 Å². The molecule has 0 radical (unpaired) electrons. The molecule has 0 saturated carbocycles. The normalized spacial score (nSPS) is 16.1. The zero-order valence-electron chi connectivity index (χ0n) is 18.8. The monoisotopic (exact) mass is 451 g/mol. The molecule has 2 N–H and O–H groups in total. The Hall–Kier alpha value is -3.00. The predicted octanol–water partition coefficient (Wildman–Crippen LogP) is 2.75. The third kappa shape index (κ3) is 5.16. The van der Waals surface area contributed by atoms with Gasteiger partial charge in [0.05, 0.1) is 24.8 Å². The number of nitrogens with zero attached hydrogens (tertiary/aromatic N) is 3. The van der Waals surface area contributed by atoms with Crippen LogP contribution in [0.2, 0.25) is 0 Å². The number of aliphatic hydroxyl groups excluding tert-OH is 1. The lowest BCUT2D eigenvalue weighted by Crippen LogP contribution is -2.49. The second-order valence-electron chi connectivity index (χ2n) is 8.52. The molecule has 33 heavy (non-hydrogen) atoms. The van der Waals surface area contributed by atoms with Gasteiger partial charge in [0.1, 0.15) is 11.6 Å². The predicted molar refractivity (Wildman–Crippen MR) is 126 cm³/mol. The molecule has 1 aliphatic rings. The molecule has 2 heterocycles. The Labute approximate surface area is 193 Å². The molecule has 1 fully saturated rings. The van der Waals surface area contributed by atoms with Gasteiger partial charge in [0.25, 0.3) is 5.56 Å². The van der Waals surface area contributed by atoms with E-state index in [2.05, 4.69) is 9.80 Å². The minimum atomic E-state index is -0.577. The fraction of sp³-hybridized carbons (Fsp3) is 0.346. The Balaban J connectivity index is 1.78. The zero-order chi connectivity index (χ0) is 23.4. The molecule has 7 heteroatoms. The number of aliphatic hydroxyl groups is 1. The van der Waals surface area contributed by atoms with Crippen molar-refractivity contribution in [3.05, 3.63) is 99.2 Å². The molecule has 0 aliphatic carbocycles. The highest BCUT2D eigenvalue weighted by molar-refractivity contribution is 5.41. The highest BCUT2D eigenvalue weighted by atomic mass is 19.1. The van der Waals surface area contributed by atoms with Crippen molar-refractivity contribution in [2.45, 2.75) is 19.5 Å². The van der Waals surface area contributed by atoms with E-state index in [9.17, 15) is 19.4 Å². The van der Waals surface area contributed by atoms with E-state index in [4.69, 9.17) is 0 Å². The van der Waals surface area contributed by atoms with E-state index in [0.717, 1.165) is 18.7 Å². The van der Waals surface area contributed by atoms with E-state index in [1.54, 1.807) is 29.7 Å². The first-order valence-electron chi connectivity index (χ1n) is 11.3. The molecule has 4 rings (SSSR count). The van der Waals surface area contributed by atoms with Gasteiger partial charge >= 0.3 is 0 Å². The van der Waals surface area contributed by atoms with E-state index in [0.29, 0.717) is 37.4 Å². The van der Waals surface area contributed by atoms with E-state index in [1.807, 2.05) is 30.3 Å². The second kappa shape index (κ2) is 10.3. The van der Waals surface area contributed by atoms with Gasteiger partial charge in [-0.2, -0.15) is 0 Å². The van der Waals surface area contributed by atoms with Crippen LogP contribution in [0.4, 0.5) is 4.39 Å². The Kier molecular flexibility index (Phi) is 7.23. The summed E-state index contributed by atoms with van der Waals surface area (Å²) in [5.74, 6) is -0.457. The number of aromatic hydroxyl groups is 1. The first-order chi connectivity index (χ1) is 16.0. The molecule has 1 saturated heterocycles. The number of pyridine rings is 1. The number of hydrogen-bond acceptors (Lipinski definition) is 5. The number of halogens is 1. The summed E-state index contributed by atoms with van der Waals surface area (Å²) in [5, 5.41) is 20.2. The minimum absolute atomic E-state index is 0.0751. The van der Waals surface area contributed by atoms with Crippen molar-refractivity contribution in [1.29, 1.82) is 0 Å². The average molecular weight is 452 g/mol. The maximum atomic E-state index is 14.2. The van der Waals surface area contributed by atoms with E-state index >= 15 is 0 Å². The van der Waals surface area contributed by atoms with Gasteiger partial charge in [0, 0.05) is 38.4 Å². The fourth-order valence-electron chi connectivity index (χ4n) is 4.61. The summed E-state index contributed by atoms with van der Waals surface area (Å²) < 4.78 is 15.9. The molecule has 2 aromatic carbocycles. The van der Waals surface area contributed by atoms with Gasteiger partial charge in [-0.25, -0.2) is 4.39 Å². The van der Waals surface area contributed by atoms with Gasteiger partial charge in [-0.3, -0.25) is 14.6 Å². The molecule has 1 aromatic heterocycles. The molecular weight excluding hydrogens is 421 g/mol. The summed E-state index contributed by atoms with van der Waals surface area (Å²) in [6.45, 7) is 5.58. The van der Waals surface area contributed by atoms with Crippen LogP contribution in [-0.2, 0) is 6.54 Å². The van der Waals surface area contributed by atoms with Gasteiger partial charge in [0.2, 0.25) is 0 Å². The SMILES string of the molecule is Cc1cc(O)c([C@@H](c2cccc(F)c2)N2CCN(CCO)CC2)c(=O)n1Cc1ccccc1. The Morgan fingerprint density at radius 2 is 1.73 bits per heavy atom. The van der Waals surface area contributed by atoms with Crippen LogP contribution in [-0.4, -0.2) is 63.9 Å². The van der Waals surface area contributed by atoms with Crippen LogP contribution in [0.1, 0.15) is 28.4 Å². The van der Waals surface area contributed by atoms with Crippen molar-refractivity contribution in [2.75, 3.05) is 39.3 Å². The highest BCUT2D eigenvalue weighted by Gasteiger charge is 2.31. The Morgan fingerprint density at radius 3 is 2.39 bits per heavy atom. The van der Waals surface area contributed by atoms with Crippen molar-refractivity contribution in [2.24, 2.45) is 0 Å². The number of β-amino-alcohol motifs (C(OH)–C–C–N with tert-alkyl or cyclic N) is 1. The molecule has 1 aliphatic heterocycles. The largest absolute Gasteiger partial charge is 0.507 e. The second-order valence-corrected chi connectivity index (χ2v) is 8.52. The van der Waals surface area contributed by atoms with E-state index < -0.39 is 6.04 Å². The molecule has 3 aromatic rings. The first-order valence-corrected chi connectivity index (χ1v) is 11.3. The summed E-state index contributed by atoms with van der Waals surface area (Å²) >= 11 is 0. The number of aryl methyl sites for hydroxylation is 1. The van der Waals surface area contributed by atoms with Crippen molar-refractivity contribution in [3.8, 4) is 5.75 Å². The number of piperazine rings is 1. The van der Waals surface area contributed by atoms with Crippen molar-refractivity contribution in [1.82, 2.24) is 14.4 Å². The van der Waals surface area contributed by atoms with Crippen molar-refractivity contribution >= 4 is 0 Å². The molecule has 0 spiro atoms. The van der Waals surface area contributed by atoms with Gasteiger partial charge in [-0.15, -0.1) is 0 Å². The van der Waals surface area contributed by atoms with E-state index in [1.165, 1.54) is 12.1 Å². The van der Waals surface area contributed by atoms with Crippen molar-refractivity contribution in [3.63, 3.8) is 0 Å². The van der Waals surface area contributed by atoms with Crippen LogP contribution in [0, 0.1) is 12.7 Å². The summed E-state index contributed by atoms with van der Waals surface area (Å²) in [7, 11) is 0. The van der Waals surface area contributed by atoms with Crippen LogP contribution < -0.4 is 5.56 Å². The van der Waals surface area contributed by atoms with Crippen LogP contribution in [0.3, 0.4) is 0 Å². The molecule has 6 nitrogen and oxygen atoms in total. The van der Waals surface area contributed by atoms with Crippen LogP contribution in [0.25, 0.3) is 0 Å².